The number of ether oxygens (including phenoxy) is 2. The summed E-state index contributed by atoms with van der Waals surface area (Å²) in [5.41, 5.74) is 6.27. The minimum atomic E-state index is -0.00896. The van der Waals surface area contributed by atoms with Crippen LogP contribution in [-0.4, -0.2) is 33.2 Å². The zero-order valence-electron chi connectivity index (χ0n) is 10.9. The first kappa shape index (κ1) is 14.3. The van der Waals surface area contributed by atoms with Crippen molar-refractivity contribution < 1.29 is 14.3 Å². The molecule has 0 aliphatic heterocycles. The molecule has 1 rings (SSSR count). The number of carbonyl (C=O) groups is 1. The van der Waals surface area contributed by atoms with Crippen LogP contribution in [0, 0.1) is 0 Å². The Labute approximate surface area is 107 Å². The molecule has 0 atom stereocenters. The first-order valence-corrected chi connectivity index (χ1v) is 5.89. The molecule has 5 heteroatoms. The quantitative estimate of drug-likeness (QED) is 0.749. The van der Waals surface area contributed by atoms with Gasteiger partial charge in [-0.2, -0.15) is 0 Å². The number of benzene rings is 1. The molecule has 0 bridgehead atoms. The van der Waals surface area contributed by atoms with E-state index in [1.807, 2.05) is 18.2 Å². The standard InChI is InChI=1S/C13H20N2O3/c1-17-11-4-5-12(18-2)10(9-11)3-6-13(16)15-8-7-14/h4-5,9H,3,6-8,14H2,1-2H3,(H,15,16). The molecular formula is C13H20N2O3. The molecule has 0 unspecified atom stereocenters. The third-order valence-electron chi connectivity index (χ3n) is 2.58. The molecule has 18 heavy (non-hydrogen) atoms. The monoisotopic (exact) mass is 252 g/mol. The highest BCUT2D eigenvalue weighted by atomic mass is 16.5. The van der Waals surface area contributed by atoms with E-state index in [1.165, 1.54) is 0 Å². The normalized spacial score (nSPS) is 9.94. The molecule has 0 saturated carbocycles. The Morgan fingerprint density at radius 3 is 2.72 bits per heavy atom. The SMILES string of the molecule is COc1ccc(OC)c(CCC(=O)NCCN)c1. The largest absolute Gasteiger partial charge is 0.497 e. The van der Waals surface area contributed by atoms with Crippen LogP contribution in [0.25, 0.3) is 0 Å². The summed E-state index contributed by atoms with van der Waals surface area (Å²) >= 11 is 0. The molecule has 0 aliphatic carbocycles. The molecule has 0 aliphatic rings. The van der Waals surface area contributed by atoms with E-state index >= 15 is 0 Å². The molecule has 1 aromatic rings. The average Bonchev–Trinajstić information content (AvgIpc) is 2.42. The fourth-order valence-corrected chi connectivity index (χ4v) is 1.63. The van der Waals surface area contributed by atoms with Crippen molar-refractivity contribution in [2.24, 2.45) is 5.73 Å². The van der Waals surface area contributed by atoms with Gasteiger partial charge >= 0.3 is 0 Å². The number of rotatable bonds is 7. The van der Waals surface area contributed by atoms with E-state index in [1.54, 1.807) is 14.2 Å². The maximum atomic E-state index is 11.5. The summed E-state index contributed by atoms with van der Waals surface area (Å²) in [7, 11) is 3.22. The Kier molecular flexibility index (Phi) is 6.00. The second kappa shape index (κ2) is 7.55. The predicted octanol–water partition coefficient (Wildman–Crippen LogP) is 0.711. The highest BCUT2D eigenvalue weighted by molar-refractivity contribution is 5.76. The maximum Gasteiger partial charge on any atom is 0.220 e. The van der Waals surface area contributed by atoms with Crippen LogP contribution in [0.4, 0.5) is 0 Å². The molecule has 0 spiro atoms. The highest BCUT2D eigenvalue weighted by Gasteiger charge is 2.07. The number of aryl methyl sites for hydroxylation is 1. The summed E-state index contributed by atoms with van der Waals surface area (Å²) in [6, 6.07) is 5.55. The van der Waals surface area contributed by atoms with Crippen LogP contribution < -0.4 is 20.5 Å². The lowest BCUT2D eigenvalue weighted by molar-refractivity contribution is -0.120. The van der Waals surface area contributed by atoms with Gasteiger partial charge in [-0.1, -0.05) is 0 Å². The van der Waals surface area contributed by atoms with Gasteiger partial charge in [0.05, 0.1) is 14.2 Å². The van der Waals surface area contributed by atoms with Crippen LogP contribution >= 0.6 is 0 Å². The Balaban J connectivity index is 2.62. The molecule has 0 radical (unpaired) electrons. The molecule has 1 aromatic carbocycles. The number of amides is 1. The third kappa shape index (κ3) is 4.25. The predicted molar refractivity (Wildman–Crippen MR) is 69.9 cm³/mol. The molecule has 3 N–H and O–H groups in total. The van der Waals surface area contributed by atoms with Crippen LogP contribution in [0.5, 0.6) is 11.5 Å². The Morgan fingerprint density at radius 2 is 2.11 bits per heavy atom. The van der Waals surface area contributed by atoms with Gasteiger partial charge in [-0.3, -0.25) is 4.79 Å². The summed E-state index contributed by atoms with van der Waals surface area (Å²) in [6.07, 6.45) is 1.01. The molecule has 0 heterocycles. The van der Waals surface area contributed by atoms with E-state index in [-0.39, 0.29) is 5.91 Å². The van der Waals surface area contributed by atoms with Gasteiger partial charge in [-0.25, -0.2) is 0 Å². The van der Waals surface area contributed by atoms with E-state index in [2.05, 4.69) is 5.32 Å². The summed E-state index contributed by atoms with van der Waals surface area (Å²) in [5, 5.41) is 2.73. The first-order valence-electron chi connectivity index (χ1n) is 5.89. The van der Waals surface area contributed by atoms with Crippen LogP contribution in [-0.2, 0) is 11.2 Å². The van der Waals surface area contributed by atoms with Gasteiger partial charge in [-0.15, -0.1) is 0 Å². The van der Waals surface area contributed by atoms with Gasteiger partial charge in [0.2, 0.25) is 5.91 Å². The van der Waals surface area contributed by atoms with E-state index in [4.69, 9.17) is 15.2 Å². The van der Waals surface area contributed by atoms with Crippen molar-refractivity contribution in [2.75, 3.05) is 27.3 Å². The van der Waals surface area contributed by atoms with Crippen LogP contribution in [0.3, 0.4) is 0 Å². The smallest absolute Gasteiger partial charge is 0.220 e. The Bertz CT molecular complexity index is 394. The Morgan fingerprint density at radius 1 is 1.33 bits per heavy atom. The summed E-state index contributed by atoms with van der Waals surface area (Å²) in [6.45, 7) is 0.961. The maximum absolute atomic E-state index is 11.5. The second-order valence-electron chi connectivity index (χ2n) is 3.82. The van der Waals surface area contributed by atoms with Crippen molar-refractivity contribution >= 4 is 5.91 Å². The molecule has 100 valence electrons. The van der Waals surface area contributed by atoms with Crippen LogP contribution in [0.2, 0.25) is 0 Å². The van der Waals surface area contributed by atoms with E-state index in [0.29, 0.717) is 25.9 Å². The minimum absolute atomic E-state index is 0.00896. The van der Waals surface area contributed by atoms with Gasteiger partial charge in [0.25, 0.3) is 0 Å². The molecule has 0 saturated heterocycles. The van der Waals surface area contributed by atoms with E-state index < -0.39 is 0 Å². The summed E-state index contributed by atoms with van der Waals surface area (Å²) in [4.78, 5) is 11.5. The van der Waals surface area contributed by atoms with Crippen LogP contribution in [0.15, 0.2) is 18.2 Å². The van der Waals surface area contributed by atoms with Gasteiger partial charge < -0.3 is 20.5 Å². The Hall–Kier alpha value is -1.75. The van der Waals surface area contributed by atoms with Gasteiger partial charge in [-0.05, 0) is 30.2 Å². The number of hydrogen-bond donors (Lipinski definition) is 2. The number of carbonyl (C=O) groups excluding carboxylic acids is 1. The number of nitrogens with two attached hydrogens (primary N) is 1. The summed E-state index contributed by atoms with van der Waals surface area (Å²) < 4.78 is 10.4. The van der Waals surface area contributed by atoms with Crippen molar-refractivity contribution in [3.63, 3.8) is 0 Å². The lowest BCUT2D eigenvalue weighted by Gasteiger charge is -2.10. The van der Waals surface area contributed by atoms with Crippen LogP contribution in [0.1, 0.15) is 12.0 Å². The number of nitrogens with one attached hydrogen (secondary N) is 1. The minimum Gasteiger partial charge on any atom is -0.497 e. The van der Waals surface area contributed by atoms with Crippen molar-refractivity contribution in [1.82, 2.24) is 5.32 Å². The first-order chi connectivity index (χ1) is 8.71. The van der Waals surface area contributed by atoms with Gasteiger partial charge in [0.15, 0.2) is 0 Å². The fraction of sp³-hybridized carbons (Fsp3) is 0.462. The van der Waals surface area contributed by atoms with E-state index in [0.717, 1.165) is 17.1 Å². The zero-order chi connectivity index (χ0) is 13.4. The van der Waals surface area contributed by atoms with Gasteiger partial charge in [0, 0.05) is 19.5 Å². The van der Waals surface area contributed by atoms with E-state index in [9.17, 15) is 4.79 Å². The average molecular weight is 252 g/mol. The fourth-order valence-electron chi connectivity index (χ4n) is 1.63. The second-order valence-corrected chi connectivity index (χ2v) is 3.82. The topological polar surface area (TPSA) is 73.6 Å². The molecule has 1 amide bonds. The molecule has 0 aromatic heterocycles. The highest BCUT2D eigenvalue weighted by Crippen LogP contribution is 2.24. The number of methoxy groups -OCH3 is 2. The zero-order valence-corrected chi connectivity index (χ0v) is 10.9. The lowest BCUT2D eigenvalue weighted by Crippen LogP contribution is -2.29. The summed E-state index contributed by atoms with van der Waals surface area (Å²) in [5.74, 6) is 1.51. The van der Waals surface area contributed by atoms with Crippen molar-refractivity contribution in [3.05, 3.63) is 23.8 Å². The van der Waals surface area contributed by atoms with Crippen molar-refractivity contribution in [1.29, 1.82) is 0 Å². The molecule has 5 nitrogen and oxygen atoms in total. The molecule has 0 fully saturated rings. The van der Waals surface area contributed by atoms with Crippen molar-refractivity contribution in [3.8, 4) is 11.5 Å². The van der Waals surface area contributed by atoms with Crippen molar-refractivity contribution in [2.45, 2.75) is 12.8 Å². The van der Waals surface area contributed by atoms with Gasteiger partial charge in [0.1, 0.15) is 11.5 Å². The molecular weight excluding hydrogens is 232 g/mol. The third-order valence-corrected chi connectivity index (χ3v) is 2.58. The number of hydrogen-bond acceptors (Lipinski definition) is 4. The lowest BCUT2D eigenvalue weighted by atomic mass is 10.1.